The van der Waals surface area contributed by atoms with Crippen molar-refractivity contribution >= 4 is 27.4 Å². The summed E-state index contributed by atoms with van der Waals surface area (Å²) in [7, 11) is 0. The molecule has 0 fully saturated rings. The van der Waals surface area contributed by atoms with Crippen LogP contribution < -0.4 is 5.73 Å². The summed E-state index contributed by atoms with van der Waals surface area (Å²) in [4.78, 5) is 12.2. The molecule has 2 aromatic rings. The van der Waals surface area contributed by atoms with Crippen molar-refractivity contribution in [2.75, 3.05) is 5.73 Å². The summed E-state index contributed by atoms with van der Waals surface area (Å²) in [5, 5.41) is 0. The highest BCUT2D eigenvalue weighted by molar-refractivity contribution is 9.10. The van der Waals surface area contributed by atoms with Gasteiger partial charge in [0.05, 0.1) is 5.56 Å². The summed E-state index contributed by atoms with van der Waals surface area (Å²) in [5.41, 5.74) is 4.34. The third kappa shape index (κ3) is 3.24. The predicted molar refractivity (Wildman–Crippen MR) is 73.4 cm³/mol. The maximum atomic E-state index is 13.2. The Hall–Kier alpha value is -1.89. The second-order valence-corrected chi connectivity index (χ2v) is 5.12. The number of hydrogen-bond donors (Lipinski definition) is 1. The average Bonchev–Trinajstić information content (AvgIpc) is 2.37. The molecule has 2 nitrogen and oxygen atoms in total. The molecule has 0 aliphatic rings. The van der Waals surface area contributed by atoms with Crippen molar-refractivity contribution in [3.63, 3.8) is 0 Å². The van der Waals surface area contributed by atoms with Gasteiger partial charge in [0, 0.05) is 21.3 Å². The Kier molecular flexibility index (Phi) is 4.04. The number of halogens is 5. The van der Waals surface area contributed by atoms with Gasteiger partial charge in [0.2, 0.25) is 0 Å². The van der Waals surface area contributed by atoms with Crippen molar-refractivity contribution in [2.24, 2.45) is 0 Å². The molecule has 0 amide bonds. The first-order chi connectivity index (χ1) is 9.70. The molecule has 2 N–H and O–H groups in total. The minimum atomic E-state index is -4.86. The minimum absolute atomic E-state index is 0.143. The zero-order valence-electron chi connectivity index (χ0n) is 10.3. The van der Waals surface area contributed by atoms with Gasteiger partial charge in [0.15, 0.2) is 5.78 Å². The zero-order chi connectivity index (χ0) is 15.8. The van der Waals surface area contributed by atoms with Crippen LogP contribution in [0, 0.1) is 5.82 Å². The molecular formula is C14H8BrF4NO. The van der Waals surface area contributed by atoms with E-state index in [1.807, 2.05) is 0 Å². The molecule has 2 rings (SSSR count). The van der Waals surface area contributed by atoms with E-state index in [0.29, 0.717) is 22.3 Å². The van der Waals surface area contributed by atoms with Crippen molar-refractivity contribution in [1.29, 1.82) is 0 Å². The maximum absolute atomic E-state index is 13.2. The summed E-state index contributed by atoms with van der Waals surface area (Å²) in [6.45, 7) is 0. The molecule has 0 radical (unpaired) electrons. The molecule has 110 valence electrons. The van der Waals surface area contributed by atoms with Gasteiger partial charge in [0.1, 0.15) is 5.82 Å². The lowest BCUT2D eigenvalue weighted by Gasteiger charge is -2.10. The molecule has 0 bridgehead atoms. The highest BCUT2D eigenvalue weighted by Gasteiger charge is 2.34. The van der Waals surface area contributed by atoms with E-state index in [4.69, 9.17) is 5.73 Å². The lowest BCUT2D eigenvalue weighted by Crippen LogP contribution is -2.11. The van der Waals surface area contributed by atoms with Crippen LogP contribution in [-0.2, 0) is 6.18 Å². The Balaban J connectivity index is 2.49. The van der Waals surface area contributed by atoms with E-state index in [-0.39, 0.29) is 11.1 Å². The van der Waals surface area contributed by atoms with Gasteiger partial charge in [-0.3, -0.25) is 4.79 Å². The van der Waals surface area contributed by atoms with E-state index >= 15 is 0 Å². The van der Waals surface area contributed by atoms with Crippen LogP contribution in [0.4, 0.5) is 23.2 Å². The van der Waals surface area contributed by atoms with Crippen LogP contribution in [0.1, 0.15) is 21.5 Å². The number of anilines is 1. The van der Waals surface area contributed by atoms with Crippen molar-refractivity contribution in [3.05, 3.63) is 63.4 Å². The summed E-state index contributed by atoms with van der Waals surface area (Å²) in [6, 6.07) is 6.43. The third-order valence-electron chi connectivity index (χ3n) is 2.77. The fraction of sp³-hybridized carbons (Fsp3) is 0.0714. The first-order valence-corrected chi connectivity index (χ1v) is 6.46. The average molecular weight is 362 g/mol. The molecule has 0 saturated heterocycles. The van der Waals surface area contributed by atoms with E-state index < -0.39 is 23.3 Å². The summed E-state index contributed by atoms with van der Waals surface area (Å²) >= 11 is 3.12. The van der Waals surface area contributed by atoms with Crippen LogP contribution in [0.2, 0.25) is 0 Å². The largest absolute Gasteiger partial charge is 0.419 e. The highest BCUT2D eigenvalue weighted by atomic mass is 79.9. The number of hydrogen-bond acceptors (Lipinski definition) is 2. The number of rotatable bonds is 2. The van der Waals surface area contributed by atoms with E-state index in [2.05, 4.69) is 15.9 Å². The smallest absolute Gasteiger partial charge is 0.399 e. The van der Waals surface area contributed by atoms with Crippen LogP contribution in [0.15, 0.2) is 40.9 Å². The molecule has 0 spiro atoms. The van der Waals surface area contributed by atoms with Gasteiger partial charge in [-0.1, -0.05) is 0 Å². The highest BCUT2D eigenvalue weighted by Crippen LogP contribution is 2.32. The molecule has 21 heavy (non-hydrogen) atoms. The lowest BCUT2D eigenvalue weighted by atomic mass is 10.0. The number of ketones is 1. The standard InChI is InChI=1S/C14H8BrF4NO/c15-11-6-8(20)2-3-9(11)13(21)7-1-4-12(16)10(5-7)14(17,18)19/h1-6H,20H2. The molecule has 2 aromatic carbocycles. The molecule has 0 aliphatic carbocycles. The molecule has 0 heterocycles. The Morgan fingerprint density at radius 3 is 2.33 bits per heavy atom. The summed E-state index contributed by atoms with van der Waals surface area (Å²) < 4.78 is 51.5. The van der Waals surface area contributed by atoms with Gasteiger partial charge < -0.3 is 5.73 Å². The number of alkyl halides is 3. The zero-order valence-corrected chi connectivity index (χ0v) is 11.9. The van der Waals surface area contributed by atoms with E-state index in [1.54, 1.807) is 0 Å². The SMILES string of the molecule is Nc1ccc(C(=O)c2ccc(F)c(C(F)(F)F)c2)c(Br)c1. The van der Waals surface area contributed by atoms with Gasteiger partial charge >= 0.3 is 6.18 Å². The number of carbonyl (C=O) groups is 1. The third-order valence-corrected chi connectivity index (χ3v) is 3.43. The van der Waals surface area contributed by atoms with Gasteiger partial charge in [-0.25, -0.2) is 4.39 Å². The number of nitrogen functional groups attached to an aromatic ring is 1. The summed E-state index contributed by atoms with van der Waals surface area (Å²) in [6.07, 6.45) is -4.86. The molecule has 0 unspecified atom stereocenters. The lowest BCUT2D eigenvalue weighted by molar-refractivity contribution is -0.140. The van der Waals surface area contributed by atoms with Crippen LogP contribution >= 0.6 is 15.9 Å². The first-order valence-electron chi connectivity index (χ1n) is 5.66. The predicted octanol–water partition coefficient (Wildman–Crippen LogP) is 4.42. The van der Waals surface area contributed by atoms with Crippen LogP contribution in [0.25, 0.3) is 0 Å². The topological polar surface area (TPSA) is 43.1 Å². The normalized spacial score (nSPS) is 11.5. The number of carbonyl (C=O) groups excluding carboxylic acids is 1. The Morgan fingerprint density at radius 1 is 1.10 bits per heavy atom. The van der Waals surface area contributed by atoms with Gasteiger partial charge in [-0.2, -0.15) is 13.2 Å². The number of benzene rings is 2. The second kappa shape index (κ2) is 5.48. The van der Waals surface area contributed by atoms with Crippen molar-refractivity contribution in [1.82, 2.24) is 0 Å². The molecular weight excluding hydrogens is 354 g/mol. The maximum Gasteiger partial charge on any atom is 0.419 e. The second-order valence-electron chi connectivity index (χ2n) is 4.26. The summed E-state index contributed by atoms with van der Waals surface area (Å²) in [5.74, 6) is -2.08. The fourth-order valence-electron chi connectivity index (χ4n) is 1.75. The van der Waals surface area contributed by atoms with Crippen molar-refractivity contribution in [3.8, 4) is 0 Å². The Bertz CT molecular complexity index is 713. The quantitative estimate of drug-likeness (QED) is 0.488. The first kappa shape index (κ1) is 15.5. The van der Waals surface area contributed by atoms with Crippen LogP contribution in [0.5, 0.6) is 0 Å². The van der Waals surface area contributed by atoms with E-state index in [1.165, 1.54) is 18.2 Å². The molecule has 0 atom stereocenters. The molecule has 7 heteroatoms. The Morgan fingerprint density at radius 2 is 1.76 bits per heavy atom. The van der Waals surface area contributed by atoms with E-state index in [0.717, 1.165) is 6.07 Å². The van der Waals surface area contributed by atoms with Gasteiger partial charge in [-0.15, -0.1) is 0 Å². The van der Waals surface area contributed by atoms with Gasteiger partial charge in [0.25, 0.3) is 0 Å². The van der Waals surface area contributed by atoms with E-state index in [9.17, 15) is 22.4 Å². The van der Waals surface area contributed by atoms with Crippen LogP contribution in [-0.4, -0.2) is 5.78 Å². The molecule has 0 aliphatic heterocycles. The fourth-order valence-corrected chi connectivity index (χ4v) is 2.33. The molecule has 0 aromatic heterocycles. The van der Waals surface area contributed by atoms with Crippen molar-refractivity contribution in [2.45, 2.75) is 6.18 Å². The molecule has 0 saturated carbocycles. The monoisotopic (exact) mass is 361 g/mol. The Labute approximate surface area is 125 Å². The minimum Gasteiger partial charge on any atom is -0.399 e. The number of nitrogens with two attached hydrogens (primary N) is 1. The van der Waals surface area contributed by atoms with Gasteiger partial charge in [-0.05, 0) is 52.3 Å². The van der Waals surface area contributed by atoms with Crippen LogP contribution in [0.3, 0.4) is 0 Å². The van der Waals surface area contributed by atoms with Crippen molar-refractivity contribution < 1.29 is 22.4 Å².